The van der Waals surface area contributed by atoms with E-state index in [0.29, 0.717) is 19.0 Å². The molecule has 1 rings (SSSR count). The second kappa shape index (κ2) is 6.21. The molecule has 0 amide bonds. The summed E-state index contributed by atoms with van der Waals surface area (Å²) in [6.45, 7) is 3.38. The summed E-state index contributed by atoms with van der Waals surface area (Å²) in [6, 6.07) is 3.20. The molecule has 0 fully saturated rings. The predicted octanol–water partition coefficient (Wildman–Crippen LogP) is 0.932. The first-order chi connectivity index (χ1) is 7.27. The van der Waals surface area contributed by atoms with Crippen LogP contribution in [0.1, 0.15) is 23.2 Å². The topological polar surface area (TPSA) is 74.7 Å². The van der Waals surface area contributed by atoms with Gasteiger partial charge in [0.25, 0.3) is 0 Å². The molecule has 84 valence electrons. The Morgan fingerprint density at radius 3 is 2.87 bits per heavy atom. The van der Waals surface area contributed by atoms with E-state index in [2.05, 4.69) is 0 Å². The third-order valence-corrected chi connectivity index (χ3v) is 1.73. The Labute approximate surface area is 88.1 Å². The summed E-state index contributed by atoms with van der Waals surface area (Å²) in [5.74, 6) is 0.244. The summed E-state index contributed by atoms with van der Waals surface area (Å²) in [5.41, 5.74) is 5.34. The fourth-order valence-corrected chi connectivity index (χ4v) is 1.01. The van der Waals surface area contributed by atoms with Crippen molar-refractivity contribution in [2.75, 3.05) is 19.8 Å². The van der Waals surface area contributed by atoms with Crippen molar-refractivity contribution in [2.45, 2.75) is 13.5 Å². The minimum absolute atomic E-state index is 0.173. The van der Waals surface area contributed by atoms with Crippen LogP contribution in [0, 0.1) is 0 Å². The Bertz CT molecular complexity index is 308. The lowest BCUT2D eigenvalue weighted by atomic mass is 10.4. The zero-order valence-corrected chi connectivity index (χ0v) is 8.69. The van der Waals surface area contributed by atoms with Crippen LogP contribution in [0.5, 0.6) is 0 Å². The SMILES string of the molecule is CCOCCOC(=O)c1ccc(CN)o1. The van der Waals surface area contributed by atoms with Crippen LogP contribution in [-0.4, -0.2) is 25.8 Å². The minimum atomic E-state index is -0.491. The average Bonchev–Trinajstić information content (AvgIpc) is 2.72. The molecule has 0 aliphatic heterocycles. The van der Waals surface area contributed by atoms with Gasteiger partial charge >= 0.3 is 5.97 Å². The normalized spacial score (nSPS) is 10.3. The highest BCUT2D eigenvalue weighted by Crippen LogP contribution is 2.08. The number of esters is 1. The standard InChI is InChI=1S/C10H15NO4/c1-2-13-5-6-14-10(12)9-4-3-8(7-11)15-9/h3-4H,2,5-7,11H2,1H3. The quantitative estimate of drug-likeness (QED) is 0.562. The molecule has 15 heavy (non-hydrogen) atoms. The van der Waals surface area contributed by atoms with Crippen LogP contribution in [0.25, 0.3) is 0 Å². The van der Waals surface area contributed by atoms with Crippen LogP contribution in [0.3, 0.4) is 0 Å². The van der Waals surface area contributed by atoms with Crippen LogP contribution >= 0.6 is 0 Å². The summed E-state index contributed by atoms with van der Waals surface area (Å²) in [7, 11) is 0. The van der Waals surface area contributed by atoms with E-state index in [9.17, 15) is 4.79 Å². The molecule has 1 aromatic rings. The molecule has 0 spiro atoms. The highest BCUT2D eigenvalue weighted by atomic mass is 16.6. The van der Waals surface area contributed by atoms with Crippen molar-refractivity contribution in [1.29, 1.82) is 0 Å². The molecular weight excluding hydrogens is 198 g/mol. The zero-order chi connectivity index (χ0) is 11.1. The summed E-state index contributed by atoms with van der Waals surface area (Å²) in [5, 5.41) is 0. The van der Waals surface area contributed by atoms with Crippen LogP contribution in [0.2, 0.25) is 0 Å². The van der Waals surface area contributed by atoms with Crippen molar-refractivity contribution in [3.05, 3.63) is 23.7 Å². The Kier molecular flexibility index (Phi) is 4.86. The monoisotopic (exact) mass is 213 g/mol. The average molecular weight is 213 g/mol. The highest BCUT2D eigenvalue weighted by Gasteiger charge is 2.11. The molecule has 0 atom stereocenters. The second-order valence-electron chi connectivity index (χ2n) is 2.80. The molecule has 0 unspecified atom stereocenters. The van der Waals surface area contributed by atoms with Gasteiger partial charge in [-0.3, -0.25) is 0 Å². The third-order valence-electron chi connectivity index (χ3n) is 1.73. The first kappa shape index (κ1) is 11.7. The Hall–Kier alpha value is -1.33. The smallest absolute Gasteiger partial charge is 0.374 e. The number of furan rings is 1. The maximum absolute atomic E-state index is 11.3. The largest absolute Gasteiger partial charge is 0.457 e. The maximum Gasteiger partial charge on any atom is 0.374 e. The lowest BCUT2D eigenvalue weighted by Gasteiger charge is -2.02. The van der Waals surface area contributed by atoms with Crippen LogP contribution in [0.15, 0.2) is 16.5 Å². The molecule has 0 aliphatic carbocycles. The Balaban J connectivity index is 2.33. The summed E-state index contributed by atoms with van der Waals surface area (Å²) < 4.78 is 15.0. The zero-order valence-electron chi connectivity index (χ0n) is 8.69. The summed E-state index contributed by atoms with van der Waals surface area (Å²) in [4.78, 5) is 11.3. The molecule has 2 N–H and O–H groups in total. The molecule has 0 saturated carbocycles. The van der Waals surface area contributed by atoms with Crippen molar-refractivity contribution < 1.29 is 18.7 Å². The van der Waals surface area contributed by atoms with Crippen molar-refractivity contribution in [1.82, 2.24) is 0 Å². The van der Waals surface area contributed by atoms with Gasteiger partial charge in [0.15, 0.2) is 0 Å². The van der Waals surface area contributed by atoms with Crippen molar-refractivity contribution in [3.63, 3.8) is 0 Å². The molecule has 0 bridgehead atoms. The number of rotatable bonds is 6. The van der Waals surface area contributed by atoms with Crippen LogP contribution in [0.4, 0.5) is 0 Å². The van der Waals surface area contributed by atoms with Gasteiger partial charge in [0.1, 0.15) is 12.4 Å². The molecule has 0 aliphatic rings. The van der Waals surface area contributed by atoms with Crippen molar-refractivity contribution >= 4 is 5.97 Å². The first-order valence-electron chi connectivity index (χ1n) is 4.81. The molecule has 1 aromatic heterocycles. The molecule has 5 nitrogen and oxygen atoms in total. The number of carbonyl (C=O) groups is 1. The van der Waals surface area contributed by atoms with E-state index in [1.54, 1.807) is 12.1 Å². The number of hydrogen-bond acceptors (Lipinski definition) is 5. The molecule has 0 radical (unpaired) electrons. The lowest BCUT2D eigenvalue weighted by Crippen LogP contribution is -2.10. The summed E-state index contributed by atoms with van der Waals surface area (Å²) >= 11 is 0. The Morgan fingerprint density at radius 2 is 2.27 bits per heavy atom. The second-order valence-corrected chi connectivity index (χ2v) is 2.80. The highest BCUT2D eigenvalue weighted by molar-refractivity contribution is 5.86. The van der Waals surface area contributed by atoms with Gasteiger partial charge in [-0.25, -0.2) is 4.79 Å². The Morgan fingerprint density at radius 1 is 1.47 bits per heavy atom. The number of carbonyl (C=O) groups excluding carboxylic acids is 1. The molecule has 0 aromatic carbocycles. The van der Waals surface area contributed by atoms with Gasteiger partial charge in [0.2, 0.25) is 5.76 Å². The molecule has 0 saturated heterocycles. The number of hydrogen-bond donors (Lipinski definition) is 1. The third kappa shape index (κ3) is 3.73. The predicted molar refractivity (Wildman–Crippen MR) is 53.4 cm³/mol. The van der Waals surface area contributed by atoms with E-state index in [0.717, 1.165) is 0 Å². The molecule has 1 heterocycles. The van der Waals surface area contributed by atoms with Crippen LogP contribution < -0.4 is 5.73 Å². The van der Waals surface area contributed by atoms with E-state index in [4.69, 9.17) is 19.6 Å². The fourth-order valence-electron chi connectivity index (χ4n) is 1.01. The first-order valence-corrected chi connectivity index (χ1v) is 4.81. The van der Waals surface area contributed by atoms with Gasteiger partial charge in [0, 0.05) is 6.61 Å². The van der Waals surface area contributed by atoms with Gasteiger partial charge in [-0.1, -0.05) is 0 Å². The number of ether oxygens (including phenoxy) is 2. The van der Waals surface area contributed by atoms with E-state index < -0.39 is 5.97 Å². The molecule has 5 heteroatoms. The fraction of sp³-hybridized carbons (Fsp3) is 0.500. The van der Waals surface area contributed by atoms with Gasteiger partial charge in [-0.15, -0.1) is 0 Å². The van der Waals surface area contributed by atoms with Gasteiger partial charge in [-0.2, -0.15) is 0 Å². The van der Waals surface area contributed by atoms with E-state index in [1.165, 1.54) is 0 Å². The number of nitrogens with two attached hydrogens (primary N) is 1. The van der Waals surface area contributed by atoms with Crippen molar-refractivity contribution in [3.8, 4) is 0 Å². The van der Waals surface area contributed by atoms with Crippen LogP contribution in [-0.2, 0) is 16.0 Å². The van der Waals surface area contributed by atoms with E-state index >= 15 is 0 Å². The van der Waals surface area contributed by atoms with E-state index in [1.807, 2.05) is 6.92 Å². The van der Waals surface area contributed by atoms with Crippen molar-refractivity contribution in [2.24, 2.45) is 5.73 Å². The minimum Gasteiger partial charge on any atom is -0.457 e. The maximum atomic E-state index is 11.3. The van der Waals surface area contributed by atoms with Gasteiger partial charge < -0.3 is 19.6 Å². The van der Waals surface area contributed by atoms with Gasteiger partial charge in [-0.05, 0) is 19.1 Å². The molecular formula is C10H15NO4. The van der Waals surface area contributed by atoms with E-state index in [-0.39, 0.29) is 18.9 Å². The van der Waals surface area contributed by atoms with Gasteiger partial charge in [0.05, 0.1) is 13.2 Å². The lowest BCUT2D eigenvalue weighted by molar-refractivity contribution is 0.0303. The summed E-state index contributed by atoms with van der Waals surface area (Å²) in [6.07, 6.45) is 0.